The molecule has 0 aromatic heterocycles. The van der Waals surface area contributed by atoms with Gasteiger partial charge in [-0.15, -0.1) is 0 Å². The van der Waals surface area contributed by atoms with Crippen LogP contribution in [0.25, 0.3) is 0 Å². The van der Waals surface area contributed by atoms with Crippen LogP contribution in [0.5, 0.6) is 0 Å². The van der Waals surface area contributed by atoms with Gasteiger partial charge in [-0.1, -0.05) is 19.8 Å². The Bertz CT molecular complexity index is 190. The Morgan fingerprint density at radius 2 is 2.12 bits per heavy atom. The number of nitrogens with two attached hydrogens (primary N) is 1. The molecule has 0 aromatic rings. The van der Waals surface area contributed by atoms with Crippen LogP contribution in [0.15, 0.2) is 0 Å². The molecule has 0 saturated heterocycles. The van der Waals surface area contributed by atoms with Gasteiger partial charge in [-0.25, -0.2) is 8.78 Å². The fraction of sp³-hybridized carbons (Fsp3) is 1.00. The molecular weight excluding hydrogens is 212 g/mol. The maximum atomic E-state index is 11.8. The van der Waals surface area contributed by atoms with Crippen LogP contribution in [0.4, 0.5) is 8.78 Å². The highest BCUT2D eigenvalue weighted by molar-refractivity contribution is 4.78. The van der Waals surface area contributed by atoms with Gasteiger partial charge < -0.3 is 10.5 Å². The number of ether oxygens (including phenoxy) is 1. The van der Waals surface area contributed by atoms with Gasteiger partial charge in [0.15, 0.2) is 0 Å². The fourth-order valence-electron chi connectivity index (χ4n) is 2.50. The number of hydrogen-bond acceptors (Lipinski definition) is 2. The summed E-state index contributed by atoms with van der Waals surface area (Å²) in [6.07, 6.45) is 3.23. The van der Waals surface area contributed by atoms with Crippen molar-refractivity contribution in [1.82, 2.24) is 0 Å². The van der Waals surface area contributed by atoms with Crippen LogP contribution in [0, 0.1) is 11.8 Å². The van der Waals surface area contributed by atoms with E-state index in [0.29, 0.717) is 18.9 Å². The lowest BCUT2D eigenvalue weighted by molar-refractivity contribution is 0.0131. The van der Waals surface area contributed by atoms with Crippen LogP contribution in [0.3, 0.4) is 0 Å². The molecule has 0 aliphatic heterocycles. The van der Waals surface area contributed by atoms with E-state index in [-0.39, 0.29) is 6.04 Å². The van der Waals surface area contributed by atoms with Crippen molar-refractivity contribution in [2.75, 3.05) is 13.2 Å². The average molecular weight is 235 g/mol. The minimum Gasteiger partial charge on any atom is -0.375 e. The maximum Gasteiger partial charge on any atom is 0.261 e. The summed E-state index contributed by atoms with van der Waals surface area (Å²) in [4.78, 5) is 0. The molecule has 0 heterocycles. The van der Waals surface area contributed by atoms with Gasteiger partial charge in [-0.3, -0.25) is 0 Å². The third kappa shape index (κ3) is 5.21. The molecule has 96 valence electrons. The van der Waals surface area contributed by atoms with E-state index in [1.807, 2.05) is 0 Å². The molecule has 1 fully saturated rings. The molecule has 2 nitrogen and oxygen atoms in total. The van der Waals surface area contributed by atoms with E-state index in [4.69, 9.17) is 10.5 Å². The SMILES string of the molecule is CC1CCCC(C(N)CCOCC(F)F)C1. The number of hydrogen-bond donors (Lipinski definition) is 1. The molecule has 0 radical (unpaired) electrons. The monoisotopic (exact) mass is 235 g/mol. The normalized spacial score (nSPS) is 28.3. The van der Waals surface area contributed by atoms with Gasteiger partial charge in [0.2, 0.25) is 0 Å². The van der Waals surface area contributed by atoms with Gasteiger partial charge in [0, 0.05) is 12.6 Å². The lowest BCUT2D eigenvalue weighted by Gasteiger charge is -2.31. The summed E-state index contributed by atoms with van der Waals surface area (Å²) >= 11 is 0. The van der Waals surface area contributed by atoms with Crippen LogP contribution in [0.1, 0.15) is 39.0 Å². The molecule has 4 heteroatoms. The average Bonchev–Trinajstić information content (AvgIpc) is 2.24. The van der Waals surface area contributed by atoms with Gasteiger partial charge in [0.25, 0.3) is 6.43 Å². The van der Waals surface area contributed by atoms with Crippen molar-refractivity contribution >= 4 is 0 Å². The van der Waals surface area contributed by atoms with Gasteiger partial charge in [0.1, 0.15) is 6.61 Å². The van der Waals surface area contributed by atoms with Crippen LogP contribution in [-0.2, 0) is 4.74 Å². The number of rotatable bonds is 6. The van der Waals surface area contributed by atoms with E-state index >= 15 is 0 Å². The second-order valence-electron chi connectivity index (χ2n) is 4.95. The van der Waals surface area contributed by atoms with Crippen molar-refractivity contribution in [3.8, 4) is 0 Å². The molecule has 0 amide bonds. The summed E-state index contributed by atoms with van der Waals surface area (Å²) in [6, 6.07) is 0.112. The third-order valence-corrected chi connectivity index (χ3v) is 3.42. The van der Waals surface area contributed by atoms with Crippen LogP contribution < -0.4 is 5.73 Å². The minimum atomic E-state index is -2.37. The first kappa shape index (κ1) is 13.8. The van der Waals surface area contributed by atoms with Gasteiger partial charge in [-0.05, 0) is 31.1 Å². The fourth-order valence-corrected chi connectivity index (χ4v) is 2.50. The molecule has 16 heavy (non-hydrogen) atoms. The molecule has 3 unspecified atom stereocenters. The van der Waals surface area contributed by atoms with Gasteiger partial charge in [-0.2, -0.15) is 0 Å². The van der Waals surface area contributed by atoms with E-state index in [1.54, 1.807) is 0 Å². The summed E-state index contributed by atoms with van der Waals surface area (Å²) < 4.78 is 28.5. The first-order valence-electron chi connectivity index (χ1n) is 6.21. The third-order valence-electron chi connectivity index (χ3n) is 3.42. The zero-order valence-electron chi connectivity index (χ0n) is 10.0. The molecule has 0 bridgehead atoms. The minimum absolute atomic E-state index is 0.112. The lowest BCUT2D eigenvalue weighted by atomic mass is 9.78. The molecule has 1 saturated carbocycles. The number of halogens is 2. The highest BCUT2D eigenvalue weighted by atomic mass is 19.3. The molecule has 3 atom stereocenters. The lowest BCUT2D eigenvalue weighted by Crippen LogP contribution is -2.34. The van der Waals surface area contributed by atoms with E-state index in [0.717, 1.165) is 5.92 Å². The van der Waals surface area contributed by atoms with Crippen LogP contribution in [0.2, 0.25) is 0 Å². The van der Waals surface area contributed by atoms with E-state index in [1.165, 1.54) is 25.7 Å². The van der Waals surface area contributed by atoms with E-state index in [9.17, 15) is 8.78 Å². The van der Waals surface area contributed by atoms with Crippen molar-refractivity contribution in [2.24, 2.45) is 17.6 Å². The molecule has 0 aromatic carbocycles. The highest BCUT2D eigenvalue weighted by Crippen LogP contribution is 2.30. The Morgan fingerprint density at radius 3 is 2.75 bits per heavy atom. The Labute approximate surface area is 96.5 Å². The Kier molecular flexibility index (Phi) is 6.21. The standard InChI is InChI=1S/C12H23F2NO/c1-9-3-2-4-10(7-9)11(15)5-6-16-8-12(13)14/h9-12H,2-8,15H2,1H3. The van der Waals surface area contributed by atoms with Crippen LogP contribution in [-0.4, -0.2) is 25.7 Å². The largest absolute Gasteiger partial charge is 0.375 e. The zero-order chi connectivity index (χ0) is 12.0. The van der Waals surface area contributed by atoms with Crippen molar-refractivity contribution in [1.29, 1.82) is 0 Å². The maximum absolute atomic E-state index is 11.8. The molecule has 2 N–H and O–H groups in total. The Morgan fingerprint density at radius 1 is 1.38 bits per heavy atom. The first-order chi connectivity index (χ1) is 7.59. The number of alkyl halides is 2. The summed E-state index contributed by atoms with van der Waals surface area (Å²) in [7, 11) is 0. The molecular formula is C12H23F2NO. The van der Waals surface area contributed by atoms with E-state index < -0.39 is 13.0 Å². The van der Waals surface area contributed by atoms with Crippen molar-refractivity contribution in [2.45, 2.75) is 51.5 Å². The quantitative estimate of drug-likeness (QED) is 0.718. The second-order valence-corrected chi connectivity index (χ2v) is 4.95. The summed E-state index contributed by atoms with van der Waals surface area (Å²) in [6.45, 7) is 2.15. The smallest absolute Gasteiger partial charge is 0.261 e. The molecule has 1 rings (SSSR count). The zero-order valence-corrected chi connectivity index (χ0v) is 10.0. The Balaban J connectivity index is 2.11. The predicted molar refractivity (Wildman–Crippen MR) is 60.5 cm³/mol. The van der Waals surface area contributed by atoms with Gasteiger partial charge >= 0.3 is 0 Å². The predicted octanol–water partition coefficient (Wildman–Crippen LogP) is 2.81. The summed E-state index contributed by atoms with van der Waals surface area (Å²) in [5, 5.41) is 0. The topological polar surface area (TPSA) is 35.2 Å². The molecule has 0 spiro atoms. The summed E-state index contributed by atoms with van der Waals surface area (Å²) in [5.74, 6) is 1.31. The van der Waals surface area contributed by atoms with Gasteiger partial charge in [0.05, 0.1) is 0 Å². The van der Waals surface area contributed by atoms with Crippen molar-refractivity contribution < 1.29 is 13.5 Å². The van der Waals surface area contributed by atoms with Crippen LogP contribution >= 0.6 is 0 Å². The molecule has 1 aliphatic carbocycles. The highest BCUT2D eigenvalue weighted by Gasteiger charge is 2.23. The van der Waals surface area contributed by atoms with Crippen molar-refractivity contribution in [3.05, 3.63) is 0 Å². The molecule has 1 aliphatic rings. The summed E-state index contributed by atoms with van der Waals surface area (Å²) in [5.41, 5.74) is 6.06. The first-order valence-corrected chi connectivity index (χ1v) is 6.21. The van der Waals surface area contributed by atoms with Crippen molar-refractivity contribution in [3.63, 3.8) is 0 Å². The Hall–Kier alpha value is -0.220. The second kappa shape index (κ2) is 7.17. The van der Waals surface area contributed by atoms with E-state index in [2.05, 4.69) is 6.92 Å².